The standard InChI is InChI=1S/C9H8Br2O3/c1-13-9(12)5-14-8-4-6(10)2-3-7(8)11/h2-4H,5H2,1H3. The molecule has 1 aromatic rings. The molecule has 0 N–H and O–H groups in total. The van der Waals surface area contributed by atoms with Crippen molar-refractivity contribution < 1.29 is 14.3 Å². The summed E-state index contributed by atoms with van der Waals surface area (Å²) in [6, 6.07) is 5.47. The van der Waals surface area contributed by atoms with Crippen LogP contribution in [0.1, 0.15) is 0 Å². The van der Waals surface area contributed by atoms with Crippen molar-refractivity contribution in [2.24, 2.45) is 0 Å². The van der Waals surface area contributed by atoms with E-state index in [9.17, 15) is 4.79 Å². The molecule has 0 atom stereocenters. The summed E-state index contributed by atoms with van der Waals surface area (Å²) in [5.41, 5.74) is 0. The van der Waals surface area contributed by atoms with Crippen LogP contribution in [0.25, 0.3) is 0 Å². The Hall–Kier alpha value is -0.550. The lowest BCUT2D eigenvalue weighted by Gasteiger charge is -2.06. The maximum absolute atomic E-state index is 10.8. The Balaban J connectivity index is 2.66. The van der Waals surface area contributed by atoms with Crippen LogP contribution in [0.3, 0.4) is 0 Å². The van der Waals surface area contributed by atoms with Crippen LogP contribution in [0.2, 0.25) is 0 Å². The van der Waals surface area contributed by atoms with Gasteiger partial charge in [0, 0.05) is 4.47 Å². The van der Waals surface area contributed by atoms with Crippen molar-refractivity contribution in [1.29, 1.82) is 0 Å². The van der Waals surface area contributed by atoms with Crippen LogP contribution < -0.4 is 4.74 Å². The Kier molecular flexibility index (Phi) is 4.41. The van der Waals surface area contributed by atoms with E-state index in [0.717, 1.165) is 8.95 Å². The lowest BCUT2D eigenvalue weighted by molar-refractivity contribution is -0.142. The van der Waals surface area contributed by atoms with Crippen LogP contribution in [-0.4, -0.2) is 19.7 Å². The first kappa shape index (κ1) is 11.5. The molecule has 0 radical (unpaired) electrons. The Bertz CT molecular complexity index is 339. The second-order valence-corrected chi connectivity index (χ2v) is 4.21. The second-order valence-electron chi connectivity index (χ2n) is 2.44. The highest BCUT2D eigenvalue weighted by Crippen LogP contribution is 2.28. The van der Waals surface area contributed by atoms with Gasteiger partial charge in [-0.05, 0) is 34.1 Å². The minimum absolute atomic E-state index is 0.0917. The van der Waals surface area contributed by atoms with Gasteiger partial charge in [-0.25, -0.2) is 4.79 Å². The Morgan fingerprint density at radius 3 is 2.79 bits per heavy atom. The van der Waals surface area contributed by atoms with Gasteiger partial charge in [0.15, 0.2) is 6.61 Å². The molecular weight excluding hydrogens is 316 g/mol. The summed E-state index contributed by atoms with van der Waals surface area (Å²) in [7, 11) is 1.32. The highest BCUT2D eigenvalue weighted by Gasteiger charge is 2.05. The smallest absolute Gasteiger partial charge is 0.343 e. The van der Waals surface area contributed by atoms with E-state index in [2.05, 4.69) is 36.6 Å². The van der Waals surface area contributed by atoms with E-state index in [0.29, 0.717) is 5.75 Å². The molecule has 3 nitrogen and oxygen atoms in total. The van der Waals surface area contributed by atoms with Gasteiger partial charge in [-0.2, -0.15) is 0 Å². The van der Waals surface area contributed by atoms with Crippen LogP contribution in [0.4, 0.5) is 0 Å². The van der Waals surface area contributed by atoms with Crippen molar-refractivity contribution >= 4 is 37.8 Å². The SMILES string of the molecule is COC(=O)COc1cc(Br)ccc1Br. The first-order chi connectivity index (χ1) is 6.63. The van der Waals surface area contributed by atoms with Crippen LogP contribution in [-0.2, 0) is 9.53 Å². The molecule has 0 bridgehead atoms. The minimum atomic E-state index is -0.406. The highest BCUT2D eigenvalue weighted by molar-refractivity contribution is 9.11. The van der Waals surface area contributed by atoms with E-state index in [1.807, 2.05) is 12.1 Å². The van der Waals surface area contributed by atoms with Crippen molar-refractivity contribution in [3.63, 3.8) is 0 Å². The highest BCUT2D eigenvalue weighted by atomic mass is 79.9. The molecule has 0 aliphatic carbocycles. The zero-order valence-electron chi connectivity index (χ0n) is 7.42. The van der Waals surface area contributed by atoms with E-state index < -0.39 is 5.97 Å². The molecule has 0 fully saturated rings. The minimum Gasteiger partial charge on any atom is -0.481 e. The molecule has 0 aromatic heterocycles. The van der Waals surface area contributed by atoms with Crippen LogP contribution in [0, 0.1) is 0 Å². The number of halogens is 2. The normalized spacial score (nSPS) is 9.64. The van der Waals surface area contributed by atoms with Crippen molar-refractivity contribution in [3.05, 3.63) is 27.1 Å². The van der Waals surface area contributed by atoms with Gasteiger partial charge in [0.2, 0.25) is 0 Å². The number of rotatable bonds is 3. The molecule has 76 valence electrons. The van der Waals surface area contributed by atoms with Gasteiger partial charge in [0.05, 0.1) is 11.6 Å². The Labute approximate surface area is 98.6 Å². The zero-order chi connectivity index (χ0) is 10.6. The number of hydrogen-bond acceptors (Lipinski definition) is 3. The van der Waals surface area contributed by atoms with Gasteiger partial charge >= 0.3 is 5.97 Å². The molecule has 0 aliphatic heterocycles. The molecule has 5 heteroatoms. The monoisotopic (exact) mass is 322 g/mol. The molecule has 0 aliphatic rings. The fraction of sp³-hybridized carbons (Fsp3) is 0.222. The summed E-state index contributed by atoms with van der Waals surface area (Å²) in [5.74, 6) is 0.196. The van der Waals surface area contributed by atoms with E-state index in [1.165, 1.54) is 7.11 Å². The van der Waals surface area contributed by atoms with Crippen molar-refractivity contribution in [2.75, 3.05) is 13.7 Å². The van der Waals surface area contributed by atoms with Crippen LogP contribution in [0.15, 0.2) is 27.1 Å². The predicted octanol–water partition coefficient (Wildman–Crippen LogP) is 2.76. The summed E-state index contributed by atoms with van der Waals surface area (Å²) in [6.07, 6.45) is 0. The average molecular weight is 324 g/mol. The second kappa shape index (κ2) is 5.36. The number of esters is 1. The van der Waals surface area contributed by atoms with Crippen molar-refractivity contribution in [2.45, 2.75) is 0 Å². The van der Waals surface area contributed by atoms with Crippen LogP contribution >= 0.6 is 31.9 Å². The molecular formula is C9H8Br2O3. The lowest BCUT2D eigenvalue weighted by atomic mass is 10.3. The summed E-state index contributed by atoms with van der Waals surface area (Å²) >= 11 is 6.61. The molecule has 1 rings (SSSR count). The number of methoxy groups -OCH3 is 1. The lowest BCUT2D eigenvalue weighted by Crippen LogP contribution is -2.12. The topological polar surface area (TPSA) is 35.5 Å². The fourth-order valence-electron chi connectivity index (χ4n) is 0.783. The van der Waals surface area contributed by atoms with Gasteiger partial charge in [0.25, 0.3) is 0 Å². The van der Waals surface area contributed by atoms with Crippen molar-refractivity contribution in [3.8, 4) is 5.75 Å². The van der Waals surface area contributed by atoms with Crippen LogP contribution in [0.5, 0.6) is 5.75 Å². The third kappa shape index (κ3) is 3.31. The molecule has 0 unspecified atom stereocenters. The van der Waals surface area contributed by atoms with E-state index >= 15 is 0 Å². The molecule has 0 saturated heterocycles. The molecule has 0 spiro atoms. The molecule has 0 saturated carbocycles. The van der Waals surface area contributed by atoms with E-state index in [-0.39, 0.29) is 6.61 Å². The Morgan fingerprint density at radius 2 is 2.14 bits per heavy atom. The number of hydrogen-bond donors (Lipinski definition) is 0. The summed E-state index contributed by atoms with van der Waals surface area (Å²) in [4.78, 5) is 10.8. The van der Waals surface area contributed by atoms with Crippen molar-refractivity contribution in [1.82, 2.24) is 0 Å². The predicted molar refractivity (Wildman–Crippen MR) is 59.4 cm³/mol. The third-order valence-electron chi connectivity index (χ3n) is 1.47. The van der Waals surface area contributed by atoms with Gasteiger partial charge in [-0.3, -0.25) is 0 Å². The summed E-state index contributed by atoms with van der Waals surface area (Å²) < 4.78 is 11.4. The number of benzene rings is 1. The summed E-state index contributed by atoms with van der Waals surface area (Å²) in [6.45, 7) is -0.0917. The largest absolute Gasteiger partial charge is 0.481 e. The maximum atomic E-state index is 10.8. The van der Waals surface area contributed by atoms with Gasteiger partial charge in [-0.1, -0.05) is 15.9 Å². The quantitative estimate of drug-likeness (QED) is 0.802. The Morgan fingerprint density at radius 1 is 1.43 bits per heavy atom. The first-order valence-corrected chi connectivity index (χ1v) is 5.36. The first-order valence-electron chi connectivity index (χ1n) is 3.78. The molecule has 0 amide bonds. The van der Waals surface area contributed by atoms with E-state index in [1.54, 1.807) is 6.07 Å². The fourth-order valence-corrected chi connectivity index (χ4v) is 1.48. The van der Waals surface area contributed by atoms with Gasteiger partial charge in [0.1, 0.15) is 5.75 Å². The molecule has 1 aromatic carbocycles. The zero-order valence-corrected chi connectivity index (χ0v) is 10.6. The molecule has 0 heterocycles. The number of carbonyl (C=O) groups is 1. The maximum Gasteiger partial charge on any atom is 0.343 e. The number of carbonyl (C=O) groups excluding carboxylic acids is 1. The van der Waals surface area contributed by atoms with Gasteiger partial charge < -0.3 is 9.47 Å². The number of ether oxygens (including phenoxy) is 2. The summed E-state index contributed by atoms with van der Waals surface area (Å²) in [5, 5.41) is 0. The van der Waals surface area contributed by atoms with E-state index in [4.69, 9.17) is 4.74 Å². The average Bonchev–Trinajstić information content (AvgIpc) is 2.19. The third-order valence-corrected chi connectivity index (χ3v) is 2.61. The molecule has 14 heavy (non-hydrogen) atoms. The van der Waals surface area contributed by atoms with Gasteiger partial charge in [-0.15, -0.1) is 0 Å².